The van der Waals surface area contributed by atoms with Gasteiger partial charge in [0.15, 0.2) is 14.1 Å². The maximum Gasteiger partial charge on any atom is 0.308 e. The molecule has 0 radical (unpaired) electrons. The number of carbonyl (C=O) groups is 3. The second kappa shape index (κ2) is 19.1. The van der Waals surface area contributed by atoms with Gasteiger partial charge in [-0.25, -0.2) is 4.39 Å². The second-order valence-electron chi connectivity index (χ2n) is 15.3. The summed E-state index contributed by atoms with van der Waals surface area (Å²) in [6.45, 7) is 15.6. The molecule has 0 aliphatic rings. The minimum Gasteiger partial charge on any atom is -0.491 e. The van der Waals surface area contributed by atoms with Crippen LogP contribution in [0.15, 0.2) is 84.9 Å². The van der Waals surface area contributed by atoms with Crippen LogP contribution in [0.25, 0.3) is 28.3 Å². The molecule has 0 unspecified atom stereocenters. The highest BCUT2D eigenvalue weighted by Crippen LogP contribution is 2.43. The Morgan fingerprint density at radius 1 is 0.855 bits per heavy atom. The van der Waals surface area contributed by atoms with Gasteiger partial charge in [-0.15, -0.1) is 0 Å². The fourth-order valence-corrected chi connectivity index (χ4v) is 7.37. The second-order valence-corrected chi connectivity index (χ2v) is 20.0. The van der Waals surface area contributed by atoms with Gasteiger partial charge in [-0.3, -0.25) is 14.4 Å². The van der Waals surface area contributed by atoms with Crippen LogP contribution in [0, 0.1) is 5.82 Å². The number of rotatable bonds is 18. The molecule has 0 saturated heterocycles. The molecule has 1 N–H and O–H groups in total. The third-order valence-corrected chi connectivity index (χ3v) is 14.4. The van der Waals surface area contributed by atoms with Gasteiger partial charge < -0.3 is 28.5 Å². The normalized spacial score (nSPS) is 12.6. The van der Waals surface area contributed by atoms with Crippen molar-refractivity contribution in [2.24, 2.45) is 0 Å². The molecule has 1 aromatic heterocycles. The van der Waals surface area contributed by atoms with Crippen molar-refractivity contribution in [1.29, 1.82) is 0 Å². The molecule has 9 nitrogen and oxygen atoms in total. The number of aromatic nitrogens is 1. The molecule has 0 saturated carbocycles. The monoisotopic (exact) mass is 770 g/mol. The molecule has 4 rings (SSSR count). The predicted octanol–water partition coefficient (Wildman–Crippen LogP) is 9.42. The number of halogens is 1. The molecule has 1 atom stereocenters. The van der Waals surface area contributed by atoms with Crippen molar-refractivity contribution in [2.75, 3.05) is 27.4 Å². The summed E-state index contributed by atoms with van der Waals surface area (Å²) < 4.78 is 38.5. The fourth-order valence-electron chi connectivity index (χ4n) is 6.02. The number of hydrogen-bond acceptors (Lipinski definition) is 7. The zero-order chi connectivity index (χ0) is 40.3. The first kappa shape index (κ1) is 42.9. The summed E-state index contributed by atoms with van der Waals surface area (Å²) in [5, 5.41) is 2.97. The van der Waals surface area contributed by atoms with E-state index in [1.807, 2.05) is 73.0 Å². The standard InChI is InChI=1S/C44H55FN2O7Si/c1-30(2)47-38(24-21-35(48)27-37(28-39(49)52-7)54-55(8,9)44(3,4)5)40(33-17-19-34(45)20-18-33)41(32-13-11-10-12-14-32)42(47)43(50)46-29-31-15-22-36(23-16-31)53-26-25-51-6/h10-24,30,37H,25-29H2,1-9H3,(H,46,50)/t37-/m1/s1. The lowest BCUT2D eigenvalue weighted by Crippen LogP contribution is -2.44. The first-order valence-corrected chi connectivity index (χ1v) is 21.5. The third kappa shape index (κ3) is 11.3. The Balaban J connectivity index is 1.81. The van der Waals surface area contributed by atoms with Crippen molar-refractivity contribution >= 4 is 32.1 Å². The number of amides is 1. The summed E-state index contributed by atoms with van der Waals surface area (Å²) in [5.74, 6) is -0.723. The zero-order valence-corrected chi connectivity index (χ0v) is 34.5. The molecule has 1 amide bonds. The number of nitrogens with zero attached hydrogens (tertiary/aromatic N) is 1. The number of allylic oxidation sites excluding steroid dienone is 1. The lowest BCUT2D eigenvalue weighted by Gasteiger charge is -2.39. The van der Waals surface area contributed by atoms with Crippen LogP contribution >= 0.6 is 0 Å². The minimum absolute atomic E-state index is 0.0402. The highest BCUT2D eigenvalue weighted by atomic mass is 28.4. The molecule has 4 aromatic rings. The van der Waals surface area contributed by atoms with Crippen molar-refractivity contribution in [2.45, 2.75) is 84.3 Å². The Hall–Kier alpha value is -4.84. The van der Waals surface area contributed by atoms with E-state index in [4.69, 9.17) is 18.6 Å². The van der Waals surface area contributed by atoms with E-state index >= 15 is 0 Å². The molecular formula is C44H55FN2O7Si. The molecule has 294 valence electrons. The van der Waals surface area contributed by atoms with E-state index in [1.54, 1.807) is 25.3 Å². The van der Waals surface area contributed by atoms with Crippen molar-refractivity contribution in [3.05, 3.63) is 108 Å². The van der Waals surface area contributed by atoms with Crippen molar-refractivity contribution < 1.29 is 37.4 Å². The average Bonchev–Trinajstić information content (AvgIpc) is 3.49. The van der Waals surface area contributed by atoms with Gasteiger partial charge >= 0.3 is 5.97 Å². The molecule has 0 bridgehead atoms. The van der Waals surface area contributed by atoms with Crippen LogP contribution in [0.4, 0.5) is 4.39 Å². The molecule has 3 aromatic carbocycles. The number of ether oxygens (including phenoxy) is 3. The molecule has 11 heteroatoms. The lowest BCUT2D eigenvalue weighted by molar-refractivity contribution is -0.142. The van der Waals surface area contributed by atoms with Gasteiger partial charge in [0.25, 0.3) is 5.91 Å². The van der Waals surface area contributed by atoms with E-state index in [1.165, 1.54) is 25.3 Å². The van der Waals surface area contributed by atoms with Gasteiger partial charge in [0.2, 0.25) is 0 Å². The van der Waals surface area contributed by atoms with Crippen LogP contribution in [0.3, 0.4) is 0 Å². The van der Waals surface area contributed by atoms with Crippen molar-refractivity contribution in [3.63, 3.8) is 0 Å². The van der Waals surface area contributed by atoms with Crippen LogP contribution < -0.4 is 10.1 Å². The lowest BCUT2D eigenvalue weighted by atomic mass is 9.94. The van der Waals surface area contributed by atoms with E-state index in [0.717, 1.165) is 11.1 Å². The Labute approximate surface area is 326 Å². The van der Waals surface area contributed by atoms with E-state index < -0.39 is 26.2 Å². The number of esters is 1. The van der Waals surface area contributed by atoms with Gasteiger partial charge in [0.1, 0.15) is 23.9 Å². The van der Waals surface area contributed by atoms with Gasteiger partial charge in [-0.05, 0) is 85.1 Å². The van der Waals surface area contributed by atoms with Gasteiger partial charge in [-0.1, -0.05) is 75.4 Å². The molecule has 0 spiro atoms. The maximum atomic E-state index is 14.5. The summed E-state index contributed by atoms with van der Waals surface area (Å²) in [4.78, 5) is 40.7. The third-order valence-electron chi connectivity index (χ3n) is 9.85. The minimum atomic E-state index is -2.35. The number of hydrogen-bond donors (Lipinski definition) is 1. The smallest absolute Gasteiger partial charge is 0.308 e. The highest BCUT2D eigenvalue weighted by Gasteiger charge is 2.40. The van der Waals surface area contributed by atoms with Gasteiger partial charge in [0.05, 0.1) is 31.9 Å². The zero-order valence-electron chi connectivity index (χ0n) is 33.5. The van der Waals surface area contributed by atoms with Crippen molar-refractivity contribution in [3.8, 4) is 28.0 Å². The average molecular weight is 771 g/mol. The summed E-state index contributed by atoms with van der Waals surface area (Å²) in [6.07, 6.45) is 2.42. The number of methoxy groups -OCH3 is 2. The molecule has 0 aliphatic carbocycles. The van der Waals surface area contributed by atoms with Crippen LogP contribution in [-0.2, 0) is 30.0 Å². The van der Waals surface area contributed by atoms with Gasteiger partial charge in [0, 0.05) is 37.2 Å². The van der Waals surface area contributed by atoms with Crippen LogP contribution in [-0.4, -0.2) is 64.1 Å². The van der Waals surface area contributed by atoms with Crippen molar-refractivity contribution in [1.82, 2.24) is 9.88 Å². The van der Waals surface area contributed by atoms with Gasteiger partial charge in [-0.2, -0.15) is 0 Å². The van der Waals surface area contributed by atoms with E-state index in [9.17, 15) is 18.8 Å². The van der Waals surface area contributed by atoms with Crippen LogP contribution in [0.1, 0.15) is 75.2 Å². The fraction of sp³-hybridized carbons (Fsp3) is 0.386. The Kier molecular flexibility index (Phi) is 14.9. The van der Waals surface area contributed by atoms with E-state index in [0.29, 0.717) is 47.0 Å². The highest BCUT2D eigenvalue weighted by molar-refractivity contribution is 6.74. The Morgan fingerprint density at radius 3 is 2.07 bits per heavy atom. The Bertz CT molecular complexity index is 1930. The van der Waals surface area contributed by atoms with Crippen LogP contribution in [0.5, 0.6) is 5.75 Å². The quantitative estimate of drug-likeness (QED) is 0.0465. The first-order valence-electron chi connectivity index (χ1n) is 18.6. The number of benzene rings is 3. The maximum absolute atomic E-state index is 14.5. The summed E-state index contributed by atoms with van der Waals surface area (Å²) in [5.41, 5.74) is 4.67. The summed E-state index contributed by atoms with van der Waals surface area (Å²) >= 11 is 0. The molecular weight excluding hydrogens is 716 g/mol. The predicted molar refractivity (Wildman–Crippen MR) is 218 cm³/mol. The van der Waals surface area contributed by atoms with E-state index in [2.05, 4.69) is 39.2 Å². The molecule has 1 heterocycles. The Morgan fingerprint density at radius 2 is 1.49 bits per heavy atom. The molecule has 0 aliphatic heterocycles. The first-order chi connectivity index (χ1) is 26.1. The number of nitrogens with one attached hydrogen (secondary N) is 1. The van der Waals surface area contributed by atoms with Crippen LogP contribution in [0.2, 0.25) is 18.1 Å². The number of ketones is 1. The molecule has 55 heavy (non-hydrogen) atoms. The molecule has 0 fully saturated rings. The SMILES string of the molecule is COCCOc1ccc(CNC(=O)c2c(-c3ccccc3)c(-c3ccc(F)cc3)c(C=CC(=O)C[C@H](CC(=O)OC)O[Si](C)(C)C(C)(C)C)n2C(C)C)cc1. The number of carbonyl (C=O) groups excluding carboxylic acids is 3. The largest absolute Gasteiger partial charge is 0.491 e. The van der Waals surface area contributed by atoms with E-state index in [-0.39, 0.29) is 42.2 Å². The summed E-state index contributed by atoms with van der Waals surface area (Å²) in [6, 6.07) is 22.9. The topological polar surface area (TPSA) is 105 Å². The summed E-state index contributed by atoms with van der Waals surface area (Å²) in [7, 11) is 0.582.